The van der Waals surface area contributed by atoms with E-state index in [0.29, 0.717) is 43.1 Å². The predicted octanol–water partition coefficient (Wildman–Crippen LogP) is 4.59. The summed E-state index contributed by atoms with van der Waals surface area (Å²) < 4.78 is 79.1. The first-order valence-corrected chi connectivity index (χ1v) is 15.3. The van der Waals surface area contributed by atoms with Crippen LogP contribution in [-0.4, -0.2) is 53.1 Å². The Morgan fingerprint density at radius 2 is 2.00 bits per heavy atom. The Hall–Kier alpha value is -2.88. The van der Waals surface area contributed by atoms with Crippen LogP contribution in [-0.2, 0) is 35.2 Å². The van der Waals surface area contributed by atoms with Crippen LogP contribution in [0.4, 0.5) is 23.2 Å². The normalized spacial score (nSPS) is 19.3. The SMILES string of the molecule is CC(C)(C)S(=O)NC(c1cc(F)ccc1Cn1nnc2c1CCN(c1cnn(C3CCCCO3)c(=O)c1Cl)C2)C(F)(F)F. The summed E-state index contributed by atoms with van der Waals surface area (Å²) in [6.07, 6.45) is -0.871. The van der Waals surface area contributed by atoms with Crippen LogP contribution in [0.25, 0.3) is 0 Å². The number of alkyl halides is 3. The number of hydrogen-bond acceptors (Lipinski definition) is 7. The van der Waals surface area contributed by atoms with Gasteiger partial charge in [-0.15, -0.1) is 5.10 Å². The molecule has 1 fully saturated rings. The molecule has 0 saturated carbocycles. The monoisotopic (exact) mass is 645 g/mol. The smallest absolute Gasteiger partial charge is 0.362 e. The number of aromatic nitrogens is 5. The van der Waals surface area contributed by atoms with Gasteiger partial charge in [0.2, 0.25) is 0 Å². The second-order valence-corrected chi connectivity index (χ2v) is 13.9. The van der Waals surface area contributed by atoms with Crippen LogP contribution in [0.3, 0.4) is 0 Å². The van der Waals surface area contributed by atoms with E-state index in [1.165, 1.54) is 21.6 Å². The van der Waals surface area contributed by atoms with Crippen molar-refractivity contribution in [2.24, 2.45) is 0 Å². The van der Waals surface area contributed by atoms with Gasteiger partial charge in [-0.05, 0) is 63.3 Å². The number of halogens is 5. The topological polar surface area (TPSA) is 107 Å². The van der Waals surface area contributed by atoms with Crippen LogP contribution in [0.5, 0.6) is 0 Å². The molecule has 3 aromatic rings. The zero-order valence-corrected chi connectivity index (χ0v) is 25.4. The van der Waals surface area contributed by atoms with E-state index in [2.05, 4.69) is 20.1 Å². The lowest BCUT2D eigenvalue weighted by atomic mass is 10.00. The molecule has 43 heavy (non-hydrogen) atoms. The fraction of sp³-hybridized carbons (Fsp3) is 0.556. The summed E-state index contributed by atoms with van der Waals surface area (Å²) in [4.78, 5) is 14.8. The number of nitrogens with zero attached hydrogens (tertiary/aromatic N) is 6. The molecular weight excluding hydrogens is 614 g/mol. The summed E-state index contributed by atoms with van der Waals surface area (Å²) in [5.74, 6) is -0.852. The van der Waals surface area contributed by atoms with Crippen LogP contribution in [0.1, 0.15) is 74.8 Å². The molecule has 10 nitrogen and oxygen atoms in total. The number of hydrogen-bond donors (Lipinski definition) is 1. The third-order valence-electron chi connectivity index (χ3n) is 7.42. The average Bonchev–Trinajstić information content (AvgIpc) is 3.35. The highest BCUT2D eigenvalue weighted by molar-refractivity contribution is 7.84. The van der Waals surface area contributed by atoms with Crippen molar-refractivity contribution in [1.82, 2.24) is 29.5 Å². The molecule has 0 amide bonds. The summed E-state index contributed by atoms with van der Waals surface area (Å²) in [5, 5.41) is 12.7. The lowest BCUT2D eigenvalue weighted by Crippen LogP contribution is -2.42. The average molecular weight is 646 g/mol. The van der Waals surface area contributed by atoms with Crippen molar-refractivity contribution >= 4 is 28.3 Å². The Morgan fingerprint density at radius 1 is 1.23 bits per heavy atom. The lowest BCUT2D eigenvalue weighted by molar-refractivity contribution is -0.153. The van der Waals surface area contributed by atoms with E-state index in [1.807, 2.05) is 4.90 Å². The largest absolute Gasteiger partial charge is 0.408 e. The van der Waals surface area contributed by atoms with Gasteiger partial charge < -0.3 is 9.64 Å². The number of anilines is 1. The molecule has 0 spiro atoms. The molecule has 1 N–H and O–H groups in total. The molecule has 0 bridgehead atoms. The minimum Gasteiger partial charge on any atom is -0.362 e. The highest BCUT2D eigenvalue weighted by Crippen LogP contribution is 2.37. The van der Waals surface area contributed by atoms with Crippen molar-refractivity contribution in [2.75, 3.05) is 18.1 Å². The molecule has 3 atom stereocenters. The first kappa shape index (κ1) is 31.5. The van der Waals surface area contributed by atoms with Crippen LogP contribution in [0.15, 0.2) is 29.2 Å². The van der Waals surface area contributed by atoms with Gasteiger partial charge in [0.1, 0.15) is 22.6 Å². The van der Waals surface area contributed by atoms with E-state index < -0.39 is 45.6 Å². The Labute approximate surface area is 252 Å². The molecule has 2 aliphatic rings. The molecular formula is C27H32ClF4N7O3S. The van der Waals surface area contributed by atoms with Crippen LogP contribution < -0.4 is 15.2 Å². The van der Waals surface area contributed by atoms with Gasteiger partial charge in [0.05, 0.1) is 46.4 Å². The summed E-state index contributed by atoms with van der Waals surface area (Å²) in [6, 6.07) is 0.781. The Kier molecular flexibility index (Phi) is 8.99. The van der Waals surface area contributed by atoms with Crippen molar-refractivity contribution in [3.8, 4) is 0 Å². The molecule has 234 valence electrons. The lowest BCUT2D eigenvalue weighted by Gasteiger charge is -2.30. The number of rotatable bonds is 7. The summed E-state index contributed by atoms with van der Waals surface area (Å²) in [7, 11) is -2.08. The molecule has 1 aromatic carbocycles. The van der Waals surface area contributed by atoms with E-state index in [4.69, 9.17) is 16.3 Å². The molecule has 2 aromatic heterocycles. The summed E-state index contributed by atoms with van der Waals surface area (Å²) >= 11 is 6.49. The number of benzene rings is 1. The van der Waals surface area contributed by atoms with Gasteiger partial charge in [-0.25, -0.2) is 18.0 Å². The molecule has 3 unspecified atom stereocenters. The van der Waals surface area contributed by atoms with Gasteiger partial charge in [0.25, 0.3) is 5.56 Å². The van der Waals surface area contributed by atoms with Gasteiger partial charge in [-0.2, -0.15) is 23.0 Å². The number of fused-ring (bicyclic) bond motifs is 1. The zero-order chi connectivity index (χ0) is 31.1. The van der Waals surface area contributed by atoms with Crippen LogP contribution in [0.2, 0.25) is 5.02 Å². The van der Waals surface area contributed by atoms with Crippen molar-refractivity contribution in [1.29, 1.82) is 0 Å². The minimum atomic E-state index is -4.85. The molecule has 5 rings (SSSR count). The molecule has 1 saturated heterocycles. The van der Waals surface area contributed by atoms with Gasteiger partial charge in [0.15, 0.2) is 6.23 Å². The summed E-state index contributed by atoms with van der Waals surface area (Å²) in [5.41, 5.74) is 1.000. The van der Waals surface area contributed by atoms with E-state index in [9.17, 15) is 26.6 Å². The molecule has 2 aliphatic heterocycles. The third kappa shape index (κ3) is 6.79. The fourth-order valence-electron chi connectivity index (χ4n) is 5.11. The maximum atomic E-state index is 14.3. The zero-order valence-electron chi connectivity index (χ0n) is 23.8. The Bertz CT molecular complexity index is 1570. The van der Waals surface area contributed by atoms with Gasteiger partial charge in [-0.3, -0.25) is 4.79 Å². The second-order valence-electron chi connectivity index (χ2n) is 11.5. The van der Waals surface area contributed by atoms with E-state index in [0.717, 1.165) is 25.0 Å². The van der Waals surface area contributed by atoms with Gasteiger partial charge >= 0.3 is 6.18 Å². The minimum absolute atomic E-state index is 0.00862. The first-order chi connectivity index (χ1) is 20.2. The molecule has 0 aliphatic carbocycles. The standard InChI is InChI=1S/C27H32ClF4N7O3S/c1-26(2,3)43(41)35-24(27(30,31)32)18-12-17(29)8-7-16(18)14-38-20-9-10-37(15-19(20)34-36-38)21-13-33-39(25(40)23(21)28)22-6-4-5-11-42-22/h7-8,12-13,22,24,35H,4-6,9-11,14-15H2,1-3H3. The van der Waals surface area contributed by atoms with Gasteiger partial charge in [-0.1, -0.05) is 22.9 Å². The van der Waals surface area contributed by atoms with Crippen molar-refractivity contribution in [3.63, 3.8) is 0 Å². The van der Waals surface area contributed by atoms with Crippen molar-refractivity contribution < 1.29 is 26.5 Å². The van der Waals surface area contributed by atoms with Crippen molar-refractivity contribution in [2.45, 2.75) is 82.7 Å². The van der Waals surface area contributed by atoms with Crippen LogP contribution in [0, 0.1) is 5.82 Å². The molecule has 4 heterocycles. The second kappa shape index (κ2) is 12.3. The van der Waals surface area contributed by atoms with E-state index in [1.54, 1.807) is 20.8 Å². The quantitative estimate of drug-likeness (QED) is 0.375. The molecule has 0 radical (unpaired) electrons. The Balaban J connectivity index is 1.39. The number of ether oxygens (including phenoxy) is 1. The van der Waals surface area contributed by atoms with Crippen molar-refractivity contribution in [3.05, 3.63) is 68.1 Å². The predicted molar refractivity (Wildman–Crippen MR) is 152 cm³/mol. The third-order valence-corrected chi connectivity index (χ3v) is 9.34. The highest BCUT2D eigenvalue weighted by atomic mass is 35.5. The van der Waals surface area contributed by atoms with Crippen LogP contribution >= 0.6 is 11.6 Å². The molecule has 16 heteroatoms. The van der Waals surface area contributed by atoms with E-state index in [-0.39, 0.29) is 29.2 Å². The van der Waals surface area contributed by atoms with Gasteiger partial charge in [0, 0.05) is 19.6 Å². The first-order valence-electron chi connectivity index (χ1n) is 13.8. The number of nitrogens with one attached hydrogen (secondary N) is 1. The Morgan fingerprint density at radius 3 is 2.67 bits per heavy atom. The van der Waals surface area contributed by atoms with E-state index >= 15 is 0 Å². The maximum absolute atomic E-state index is 14.3. The fourth-order valence-corrected chi connectivity index (χ4v) is 6.19. The highest BCUT2D eigenvalue weighted by Gasteiger charge is 2.44. The summed E-state index contributed by atoms with van der Waals surface area (Å²) in [6.45, 7) is 5.72. The maximum Gasteiger partial charge on any atom is 0.408 e.